The predicted octanol–water partition coefficient (Wildman–Crippen LogP) is 8.87. The lowest BCUT2D eigenvalue weighted by molar-refractivity contribution is 0.487. The van der Waals surface area contributed by atoms with E-state index < -0.39 is 0 Å². The van der Waals surface area contributed by atoms with E-state index in [1.807, 2.05) is 18.3 Å². The van der Waals surface area contributed by atoms with E-state index >= 15 is 0 Å². The molecule has 3 aliphatic heterocycles. The number of ether oxygens (including phenoxy) is 1. The van der Waals surface area contributed by atoms with Gasteiger partial charge in [0, 0.05) is 16.6 Å². The van der Waals surface area contributed by atoms with E-state index in [9.17, 15) is 0 Å². The summed E-state index contributed by atoms with van der Waals surface area (Å²) in [4.78, 5) is 0. The third-order valence-electron chi connectivity index (χ3n) is 8.75. The number of fused-ring (bicyclic) bond motifs is 5. The number of hydrogen-bond donors (Lipinski definition) is 2. The summed E-state index contributed by atoms with van der Waals surface area (Å²) >= 11 is 0. The van der Waals surface area contributed by atoms with Crippen LogP contribution in [-0.2, 0) is 0 Å². The Morgan fingerprint density at radius 2 is 1.59 bits per heavy atom. The van der Waals surface area contributed by atoms with E-state index in [1.165, 1.54) is 60.6 Å². The van der Waals surface area contributed by atoms with Gasteiger partial charge >= 0.3 is 0 Å². The van der Waals surface area contributed by atoms with E-state index in [4.69, 9.17) is 4.74 Å². The third-order valence-corrected chi connectivity index (χ3v) is 8.75. The number of para-hydroxylation sites is 1. The lowest BCUT2D eigenvalue weighted by Crippen LogP contribution is -2.40. The molecule has 5 aromatic carbocycles. The second-order valence-corrected chi connectivity index (χ2v) is 11.1. The fraction of sp³-hybridized carbons (Fsp3) is 0.0526. The standard InChI is InChI=1S/C38H26N2O/c1-2-9-34-30(6-1)32-8-3-7-31-29(17-19-35(41-34)36(31)32)27-14-12-26-22-28(15-13-25(26)21-27)33-18-16-24-11-10-23-5-4-20-39-37(23)38(24)40-33/h1-22,33,37,39-40H. The van der Waals surface area contributed by atoms with Crippen molar-refractivity contribution in [1.82, 2.24) is 10.6 Å². The Kier molecular flexibility index (Phi) is 4.73. The summed E-state index contributed by atoms with van der Waals surface area (Å²) in [5.74, 6) is 1.84. The van der Waals surface area contributed by atoms with Crippen molar-refractivity contribution in [3.8, 4) is 33.8 Å². The fourth-order valence-electron chi connectivity index (χ4n) is 6.73. The van der Waals surface area contributed by atoms with Gasteiger partial charge in [-0.1, -0.05) is 97.1 Å². The minimum absolute atomic E-state index is 0.126. The number of hydrogen-bond acceptors (Lipinski definition) is 3. The minimum atomic E-state index is 0.126. The molecule has 9 rings (SSSR count). The van der Waals surface area contributed by atoms with Crippen LogP contribution < -0.4 is 15.4 Å². The second kappa shape index (κ2) is 8.61. The summed E-state index contributed by atoms with van der Waals surface area (Å²) in [5.41, 5.74) is 9.84. The summed E-state index contributed by atoms with van der Waals surface area (Å²) in [6, 6.07) is 33.1. The first kappa shape index (κ1) is 22.5. The zero-order valence-corrected chi connectivity index (χ0v) is 22.3. The monoisotopic (exact) mass is 526 g/mol. The summed E-state index contributed by atoms with van der Waals surface area (Å²) < 4.78 is 6.32. The first-order chi connectivity index (χ1) is 20.3. The quantitative estimate of drug-likeness (QED) is 0.236. The topological polar surface area (TPSA) is 33.3 Å². The van der Waals surface area contributed by atoms with Crippen LogP contribution in [0.5, 0.6) is 11.5 Å². The second-order valence-electron chi connectivity index (χ2n) is 11.1. The van der Waals surface area contributed by atoms with E-state index in [1.54, 1.807) is 0 Å². The maximum Gasteiger partial charge on any atom is 0.135 e. The lowest BCUT2D eigenvalue weighted by Gasteiger charge is -2.34. The van der Waals surface area contributed by atoms with Gasteiger partial charge < -0.3 is 15.4 Å². The zero-order chi connectivity index (χ0) is 26.9. The fourth-order valence-corrected chi connectivity index (χ4v) is 6.73. The number of rotatable bonds is 2. The Bertz CT molecular complexity index is 2090. The van der Waals surface area contributed by atoms with E-state index in [2.05, 4.69) is 126 Å². The first-order valence-corrected chi connectivity index (χ1v) is 14.2. The largest absolute Gasteiger partial charge is 0.456 e. The summed E-state index contributed by atoms with van der Waals surface area (Å²) in [6.45, 7) is 0. The zero-order valence-electron chi connectivity index (χ0n) is 22.3. The smallest absolute Gasteiger partial charge is 0.135 e. The Labute approximate surface area is 238 Å². The Hall–Kier alpha value is -5.28. The molecule has 3 heteroatoms. The van der Waals surface area contributed by atoms with Crippen LogP contribution in [0, 0.1) is 0 Å². The summed E-state index contributed by atoms with van der Waals surface area (Å²) in [6.07, 6.45) is 15.2. The molecule has 0 aromatic heterocycles. The van der Waals surface area contributed by atoms with Crippen molar-refractivity contribution in [3.05, 3.63) is 156 Å². The highest BCUT2D eigenvalue weighted by Crippen LogP contribution is 2.48. The normalized spacial score (nSPS) is 19.6. The van der Waals surface area contributed by atoms with E-state index in [0.717, 1.165) is 17.1 Å². The van der Waals surface area contributed by atoms with Gasteiger partial charge in [-0.2, -0.15) is 0 Å². The maximum atomic E-state index is 6.32. The van der Waals surface area contributed by atoms with Crippen LogP contribution in [0.1, 0.15) is 11.6 Å². The van der Waals surface area contributed by atoms with Gasteiger partial charge in [-0.3, -0.25) is 0 Å². The van der Waals surface area contributed by atoms with Crippen molar-refractivity contribution < 1.29 is 4.74 Å². The SMILES string of the molecule is C1=CNC2C(=C1)C=CC1=C2NC(c2ccc3cc(-c4ccc5c6c(cccc46)-c4ccccc4O5)ccc3c2)C=C1. The summed E-state index contributed by atoms with van der Waals surface area (Å²) in [7, 11) is 0. The highest BCUT2D eigenvalue weighted by atomic mass is 16.5. The van der Waals surface area contributed by atoms with Crippen molar-refractivity contribution in [2.24, 2.45) is 0 Å². The third kappa shape index (κ3) is 3.46. The van der Waals surface area contributed by atoms with E-state index in [-0.39, 0.29) is 12.1 Å². The van der Waals surface area contributed by atoms with Gasteiger partial charge in [0.15, 0.2) is 0 Å². The molecule has 0 radical (unpaired) electrons. The van der Waals surface area contributed by atoms with Crippen LogP contribution in [0.4, 0.5) is 0 Å². The van der Waals surface area contributed by atoms with Crippen molar-refractivity contribution in [2.45, 2.75) is 12.1 Å². The van der Waals surface area contributed by atoms with Crippen LogP contribution in [0.25, 0.3) is 43.8 Å². The maximum absolute atomic E-state index is 6.32. The van der Waals surface area contributed by atoms with Crippen molar-refractivity contribution in [3.63, 3.8) is 0 Å². The molecular formula is C38H26N2O. The van der Waals surface area contributed by atoms with Crippen molar-refractivity contribution in [2.75, 3.05) is 0 Å². The summed E-state index contributed by atoms with van der Waals surface area (Å²) in [5, 5.41) is 12.2. The van der Waals surface area contributed by atoms with Crippen LogP contribution in [0.15, 0.2) is 150 Å². The van der Waals surface area contributed by atoms with Gasteiger partial charge in [0.25, 0.3) is 0 Å². The number of dihydropyridines is 2. The molecule has 0 fully saturated rings. The molecule has 2 N–H and O–H groups in total. The van der Waals surface area contributed by atoms with Crippen LogP contribution in [0.3, 0.4) is 0 Å². The predicted molar refractivity (Wildman–Crippen MR) is 168 cm³/mol. The van der Waals surface area contributed by atoms with Crippen molar-refractivity contribution >= 4 is 21.5 Å². The molecule has 2 unspecified atom stereocenters. The molecule has 3 nitrogen and oxygen atoms in total. The Morgan fingerprint density at radius 3 is 2.59 bits per heavy atom. The molecule has 0 saturated heterocycles. The average Bonchev–Trinajstić information content (AvgIpc) is 3.04. The molecule has 1 aliphatic carbocycles. The van der Waals surface area contributed by atoms with Gasteiger partial charge in [-0.15, -0.1) is 0 Å². The van der Waals surface area contributed by atoms with Crippen molar-refractivity contribution in [1.29, 1.82) is 0 Å². The molecule has 0 spiro atoms. The molecule has 5 aromatic rings. The Morgan fingerprint density at radius 1 is 0.683 bits per heavy atom. The lowest BCUT2D eigenvalue weighted by atomic mass is 9.87. The van der Waals surface area contributed by atoms with Gasteiger partial charge in [0.2, 0.25) is 0 Å². The molecular weight excluding hydrogens is 500 g/mol. The molecule has 0 saturated carbocycles. The Balaban J connectivity index is 1.07. The molecule has 194 valence electrons. The molecule has 0 amide bonds. The first-order valence-electron chi connectivity index (χ1n) is 14.2. The van der Waals surface area contributed by atoms with Gasteiger partial charge in [-0.25, -0.2) is 0 Å². The molecule has 41 heavy (non-hydrogen) atoms. The van der Waals surface area contributed by atoms with Gasteiger partial charge in [0.05, 0.1) is 12.1 Å². The number of allylic oxidation sites excluding steroid dienone is 5. The average molecular weight is 527 g/mol. The molecule has 4 aliphatic rings. The number of benzene rings is 5. The van der Waals surface area contributed by atoms with Crippen LogP contribution in [-0.4, -0.2) is 6.04 Å². The molecule has 2 atom stereocenters. The highest BCUT2D eigenvalue weighted by molar-refractivity contribution is 6.10. The van der Waals surface area contributed by atoms with Crippen LogP contribution >= 0.6 is 0 Å². The van der Waals surface area contributed by atoms with Gasteiger partial charge in [0.1, 0.15) is 11.5 Å². The van der Waals surface area contributed by atoms with Gasteiger partial charge in [-0.05, 0) is 86.1 Å². The molecule has 0 bridgehead atoms. The van der Waals surface area contributed by atoms with E-state index in [0.29, 0.717) is 0 Å². The molecule has 3 heterocycles. The number of nitrogens with one attached hydrogen (secondary N) is 2. The minimum Gasteiger partial charge on any atom is -0.456 e. The highest BCUT2D eigenvalue weighted by Gasteiger charge is 2.27. The van der Waals surface area contributed by atoms with Crippen LogP contribution in [0.2, 0.25) is 0 Å².